The fraction of sp³-hybridized carbons (Fsp3) is 0.261. The Morgan fingerprint density at radius 3 is 2.52 bits per heavy atom. The summed E-state index contributed by atoms with van der Waals surface area (Å²) < 4.78 is 1.96. The van der Waals surface area contributed by atoms with Gasteiger partial charge >= 0.3 is 0 Å². The number of rotatable bonds is 4. The van der Waals surface area contributed by atoms with Crippen molar-refractivity contribution in [3.63, 3.8) is 0 Å². The lowest BCUT2D eigenvalue weighted by Gasteiger charge is -2.15. The van der Waals surface area contributed by atoms with Crippen LogP contribution in [0.25, 0.3) is 5.82 Å². The number of nitrogens with zero attached hydrogens (tertiary/aromatic N) is 3. The maximum Gasteiger partial charge on any atom is 0.257 e. The normalized spacial score (nSPS) is 13.5. The first-order valence-corrected chi connectivity index (χ1v) is 9.85. The Morgan fingerprint density at radius 2 is 1.79 bits per heavy atom. The number of likely N-dealkylation sites (tertiary alicyclic amines) is 1. The molecule has 2 aromatic heterocycles. The molecule has 1 N–H and O–H groups in total. The summed E-state index contributed by atoms with van der Waals surface area (Å²) in [7, 11) is 0. The monoisotopic (exact) mass is 388 g/mol. The van der Waals surface area contributed by atoms with Crippen LogP contribution in [0.1, 0.15) is 44.9 Å². The highest BCUT2D eigenvalue weighted by Crippen LogP contribution is 2.22. The highest BCUT2D eigenvalue weighted by molar-refractivity contribution is 6.06. The molecule has 1 fully saturated rings. The SMILES string of the molecule is Cc1cc(C(=O)Nc2cccc(C(=O)N3CCCC3)c2)c(C)n1-c1ccccn1. The Hall–Kier alpha value is -3.41. The fourth-order valence-corrected chi connectivity index (χ4v) is 3.86. The van der Waals surface area contributed by atoms with Crippen molar-refractivity contribution in [2.45, 2.75) is 26.7 Å². The number of carbonyl (C=O) groups excluding carboxylic acids is 2. The lowest BCUT2D eigenvalue weighted by Crippen LogP contribution is -2.27. The van der Waals surface area contributed by atoms with Crippen LogP contribution in [-0.4, -0.2) is 39.4 Å². The number of aryl methyl sites for hydroxylation is 1. The van der Waals surface area contributed by atoms with E-state index in [-0.39, 0.29) is 11.8 Å². The standard InChI is InChI=1S/C23H24N4O2/c1-16-14-20(17(2)27(16)21-10-3-4-11-24-21)22(28)25-19-9-7-8-18(15-19)23(29)26-12-5-6-13-26/h3-4,7-11,14-15H,5-6,12-13H2,1-2H3,(H,25,28). The molecule has 6 heteroatoms. The van der Waals surface area contributed by atoms with Gasteiger partial charge in [-0.25, -0.2) is 4.98 Å². The molecule has 0 spiro atoms. The first-order valence-electron chi connectivity index (χ1n) is 9.85. The van der Waals surface area contributed by atoms with Crippen LogP contribution in [-0.2, 0) is 0 Å². The predicted molar refractivity (Wildman–Crippen MR) is 113 cm³/mol. The van der Waals surface area contributed by atoms with Crippen molar-refractivity contribution in [1.82, 2.24) is 14.5 Å². The van der Waals surface area contributed by atoms with Gasteiger partial charge in [0.2, 0.25) is 0 Å². The van der Waals surface area contributed by atoms with E-state index in [4.69, 9.17) is 0 Å². The van der Waals surface area contributed by atoms with E-state index in [1.165, 1.54) is 0 Å². The average Bonchev–Trinajstić information content (AvgIpc) is 3.36. The third-order valence-corrected chi connectivity index (χ3v) is 5.31. The molecule has 0 bridgehead atoms. The number of pyridine rings is 1. The minimum absolute atomic E-state index is 0.0203. The zero-order valence-corrected chi connectivity index (χ0v) is 16.7. The summed E-state index contributed by atoms with van der Waals surface area (Å²) in [6.07, 6.45) is 3.83. The molecule has 1 saturated heterocycles. The molecule has 1 aromatic carbocycles. The summed E-state index contributed by atoms with van der Waals surface area (Å²) >= 11 is 0. The van der Waals surface area contributed by atoms with Crippen molar-refractivity contribution in [3.05, 3.63) is 77.2 Å². The smallest absolute Gasteiger partial charge is 0.257 e. The molecule has 0 radical (unpaired) electrons. The first kappa shape index (κ1) is 18.9. The van der Waals surface area contributed by atoms with Gasteiger partial charge in [0.15, 0.2) is 0 Å². The molecule has 2 amide bonds. The summed E-state index contributed by atoms with van der Waals surface area (Å²) in [6, 6.07) is 14.7. The molecular formula is C23H24N4O2. The maximum atomic E-state index is 12.9. The van der Waals surface area contributed by atoms with Crippen LogP contribution in [0.3, 0.4) is 0 Å². The Bertz CT molecular complexity index is 1050. The topological polar surface area (TPSA) is 67.2 Å². The van der Waals surface area contributed by atoms with Crippen molar-refractivity contribution < 1.29 is 9.59 Å². The molecule has 1 aliphatic rings. The molecule has 29 heavy (non-hydrogen) atoms. The number of hydrogen-bond donors (Lipinski definition) is 1. The van der Waals surface area contributed by atoms with Gasteiger partial charge in [0, 0.05) is 41.9 Å². The minimum Gasteiger partial charge on any atom is -0.339 e. The molecule has 148 valence electrons. The van der Waals surface area contributed by atoms with E-state index in [9.17, 15) is 9.59 Å². The molecule has 0 aliphatic carbocycles. The third kappa shape index (κ3) is 3.78. The number of anilines is 1. The number of hydrogen-bond acceptors (Lipinski definition) is 3. The Labute approximate surface area is 170 Å². The fourth-order valence-electron chi connectivity index (χ4n) is 3.86. The van der Waals surface area contributed by atoms with Gasteiger partial charge in [-0.2, -0.15) is 0 Å². The zero-order chi connectivity index (χ0) is 20.4. The summed E-state index contributed by atoms with van der Waals surface area (Å²) in [5, 5.41) is 2.93. The molecule has 0 unspecified atom stereocenters. The minimum atomic E-state index is -0.203. The van der Waals surface area contributed by atoms with Gasteiger partial charge in [0.05, 0.1) is 5.56 Å². The van der Waals surface area contributed by atoms with Gasteiger partial charge < -0.3 is 14.8 Å². The summed E-state index contributed by atoms with van der Waals surface area (Å²) in [4.78, 5) is 31.8. The van der Waals surface area contributed by atoms with Crippen molar-refractivity contribution >= 4 is 17.5 Å². The molecule has 0 atom stereocenters. The van der Waals surface area contributed by atoms with Gasteiger partial charge in [-0.3, -0.25) is 9.59 Å². The van der Waals surface area contributed by atoms with Crippen LogP contribution in [0.2, 0.25) is 0 Å². The zero-order valence-electron chi connectivity index (χ0n) is 16.7. The van der Waals surface area contributed by atoms with E-state index in [1.54, 1.807) is 30.5 Å². The van der Waals surface area contributed by atoms with Gasteiger partial charge in [-0.15, -0.1) is 0 Å². The highest BCUT2D eigenvalue weighted by atomic mass is 16.2. The second-order valence-electron chi connectivity index (χ2n) is 7.34. The van der Waals surface area contributed by atoms with E-state index in [2.05, 4.69) is 10.3 Å². The predicted octanol–water partition coefficient (Wildman–Crippen LogP) is 3.98. The molecule has 3 heterocycles. The van der Waals surface area contributed by atoms with Crippen LogP contribution in [0.5, 0.6) is 0 Å². The quantitative estimate of drug-likeness (QED) is 0.735. The second kappa shape index (κ2) is 7.91. The van der Waals surface area contributed by atoms with E-state index >= 15 is 0 Å². The van der Waals surface area contributed by atoms with Crippen LogP contribution in [0.15, 0.2) is 54.7 Å². The Morgan fingerprint density at radius 1 is 1.00 bits per heavy atom. The lowest BCUT2D eigenvalue weighted by molar-refractivity contribution is 0.0792. The Balaban J connectivity index is 1.56. The maximum absolute atomic E-state index is 12.9. The van der Waals surface area contributed by atoms with E-state index in [0.717, 1.165) is 43.1 Å². The van der Waals surface area contributed by atoms with Crippen LogP contribution < -0.4 is 5.32 Å². The molecule has 6 nitrogen and oxygen atoms in total. The summed E-state index contributed by atoms with van der Waals surface area (Å²) in [5.74, 6) is 0.595. The molecule has 0 saturated carbocycles. The second-order valence-corrected chi connectivity index (χ2v) is 7.34. The van der Waals surface area contributed by atoms with Gasteiger partial charge in [0.1, 0.15) is 5.82 Å². The average molecular weight is 388 g/mol. The van der Waals surface area contributed by atoms with Crippen molar-refractivity contribution in [3.8, 4) is 5.82 Å². The van der Waals surface area contributed by atoms with E-state index in [0.29, 0.717) is 16.8 Å². The van der Waals surface area contributed by atoms with Gasteiger partial charge in [-0.05, 0) is 63.1 Å². The molecule has 4 rings (SSSR count). The number of aromatic nitrogens is 2. The van der Waals surface area contributed by atoms with Crippen LogP contribution in [0.4, 0.5) is 5.69 Å². The third-order valence-electron chi connectivity index (χ3n) is 5.31. The van der Waals surface area contributed by atoms with E-state index < -0.39 is 0 Å². The van der Waals surface area contributed by atoms with Crippen molar-refractivity contribution in [2.24, 2.45) is 0 Å². The number of carbonyl (C=O) groups is 2. The summed E-state index contributed by atoms with van der Waals surface area (Å²) in [6.45, 7) is 5.46. The van der Waals surface area contributed by atoms with Gasteiger partial charge in [0.25, 0.3) is 11.8 Å². The largest absolute Gasteiger partial charge is 0.339 e. The Kier molecular flexibility index (Phi) is 5.16. The highest BCUT2D eigenvalue weighted by Gasteiger charge is 2.21. The lowest BCUT2D eigenvalue weighted by atomic mass is 10.1. The number of nitrogens with one attached hydrogen (secondary N) is 1. The van der Waals surface area contributed by atoms with E-state index in [1.807, 2.05) is 47.6 Å². The van der Waals surface area contributed by atoms with Crippen LogP contribution >= 0.6 is 0 Å². The molecular weight excluding hydrogens is 364 g/mol. The first-order chi connectivity index (χ1) is 14.0. The van der Waals surface area contributed by atoms with Crippen molar-refractivity contribution in [1.29, 1.82) is 0 Å². The van der Waals surface area contributed by atoms with Crippen LogP contribution in [0, 0.1) is 13.8 Å². The number of benzene rings is 1. The molecule has 3 aromatic rings. The summed E-state index contributed by atoms with van der Waals surface area (Å²) in [5.41, 5.74) is 3.56. The molecule has 1 aliphatic heterocycles. The van der Waals surface area contributed by atoms with Gasteiger partial charge in [-0.1, -0.05) is 12.1 Å². The number of amides is 2. The van der Waals surface area contributed by atoms with Crippen molar-refractivity contribution in [2.75, 3.05) is 18.4 Å².